The van der Waals surface area contributed by atoms with Gasteiger partial charge in [0, 0.05) is 10.6 Å². The maximum Gasteiger partial charge on any atom is 0.272 e. The normalized spacial score (nSPS) is 11.0. The van der Waals surface area contributed by atoms with Crippen LogP contribution in [0.1, 0.15) is 32.6 Å². The molecule has 0 aliphatic carbocycles. The highest BCUT2D eigenvalue weighted by atomic mass is 35.5. The standard InChI is InChI=1S/C22H18Cl2N2O2/c1-14-6-8-18(20(24)10-14)22(28)26-25-13-17-12-15(7-9-21(17)27)11-16-4-2-3-5-19(16)23/h2-10,12-13,27H,11H2,1H3,(H,26,28)/b25-13+. The van der Waals surface area contributed by atoms with Crippen LogP contribution < -0.4 is 5.43 Å². The van der Waals surface area contributed by atoms with E-state index in [4.69, 9.17) is 23.2 Å². The molecule has 0 unspecified atom stereocenters. The number of nitrogens with one attached hydrogen (secondary N) is 1. The number of nitrogens with zero attached hydrogens (tertiary/aromatic N) is 1. The molecule has 0 aromatic heterocycles. The molecule has 0 spiro atoms. The summed E-state index contributed by atoms with van der Waals surface area (Å²) in [4.78, 5) is 12.2. The van der Waals surface area contributed by atoms with E-state index in [1.54, 1.807) is 30.3 Å². The second-order valence-electron chi connectivity index (χ2n) is 6.34. The Morgan fingerprint density at radius 3 is 2.61 bits per heavy atom. The number of hydrogen-bond acceptors (Lipinski definition) is 3. The first-order valence-corrected chi connectivity index (χ1v) is 9.34. The van der Waals surface area contributed by atoms with Gasteiger partial charge in [0.05, 0.1) is 16.8 Å². The summed E-state index contributed by atoms with van der Waals surface area (Å²) < 4.78 is 0. The largest absolute Gasteiger partial charge is 0.507 e. The number of phenols is 1. The Hall–Kier alpha value is -2.82. The molecule has 0 bridgehead atoms. The lowest BCUT2D eigenvalue weighted by Gasteiger charge is -2.07. The van der Waals surface area contributed by atoms with Crippen LogP contribution in [-0.2, 0) is 6.42 Å². The van der Waals surface area contributed by atoms with Gasteiger partial charge < -0.3 is 5.11 Å². The molecule has 3 rings (SSSR count). The molecule has 0 radical (unpaired) electrons. The van der Waals surface area contributed by atoms with E-state index >= 15 is 0 Å². The highest BCUT2D eigenvalue weighted by Gasteiger charge is 2.09. The molecule has 142 valence electrons. The number of aryl methyl sites for hydroxylation is 1. The maximum absolute atomic E-state index is 12.2. The first-order chi connectivity index (χ1) is 13.4. The third-order valence-electron chi connectivity index (χ3n) is 4.18. The monoisotopic (exact) mass is 412 g/mol. The van der Waals surface area contributed by atoms with E-state index in [0.717, 1.165) is 16.7 Å². The van der Waals surface area contributed by atoms with Crippen LogP contribution in [0.25, 0.3) is 0 Å². The molecular weight excluding hydrogens is 395 g/mol. The quantitative estimate of drug-likeness (QED) is 0.437. The van der Waals surface area contributed by atoms with Crippen molar-refractivity contribution in [2.24, 2.45) is 5.10 Å². The number of benzene rings is 3. The average molecular weight is 413 g/mol. The zero-order valence-electron chi connectivity index (χ0n) is 15.1. The van der Waals surface area contributed by atoms with Gasteiger partial charge in [-0.1, -0.05) is 53.5 Å². The molecule has 3 aromatic rings. The Labute approximate surface area is 173 Å². The number of phenolic OH excluding ortho intramolecular Hbond substituents is 1. The topological polar surface area (TPSA) is 61.7 Å². The van der Waals surface area contributed by atoms with E-state index in [9.17, 15) is 9.90 Å². The second-order valence-corrected chi connectivity index (χ2v) is 7.16. The zero-order chi connectivity index (χ0) is 20.1. The summed E-state index contributed by atoms with van der Waals surface area (Å²) in [6.45, 7) is 1.89. The van der Waals surface area contributed by atoms with E-state index < -0.39 is 5.91 Å². The molecule has 0 aliphatic rings. The Bertz CT molecular complexity index is 1050. The lowest BCUT2D eigenvalue weighted by Crippen LogP contribution is -2.18. The van der Waals surface area contributed by atoms with Gasteiger partial charge in [-0.05, 0) is 60.4 Å². The van der Waals surface area contributed by atoms with E-state index in [1.165, 1.54) is 6.21 Å². The zero-order valence-corrected chi connectivity index (χ0v) is 16.6. The molecule has 0 saturated carbocycles. The fraction of sp³-hybridized carbons (Fsp3) is 0.0909. The molecule has 3 aromatic carbocycles. The number of carbonyl (C=O) groups excluding carboxylic acids is 1. The third kappa shape index (κ3) is 4.91. The lowest BCUT2D eigenvalue weighted by atomic mass is 10.0. The van der Waals surface area contributed by atoms with Gasteiger partial charge in [-0.25, -0.2) is 5.43 Å². The number of aromatic hydroxyl groups is 1. The molecular formula is C22H18Cl2N2O2. The first kappa shape index (κ1) is 19.9. The Balaban J connectivity index is 1.73. The summed E-state index contributed by atoms with van der Waals surface area (Å²) >= 11 is 12.3. The van der Waals surface area contributed by atoms with Crippen molar-refractivity contribution in [2.45, 2.75) is 13.3 Å². The molecule has 0 atom stereocenters. The van der Waals surface area contributed by atoms with Crippen molar-refractivity contribution in [3.8, 4) is 5.75 Å². The molecule has 4 nitrogen and oxygen atoms in total. The number of rotatable bonds is 5. The van der Waals surface area contributed by atoms with Crippen molar-refractivity contribution in [3.05, 3.63) is 98.5 Å². The summed E-state index contributed by atoms with van der Waals surface area (Å²) in [5.74, 6) is -0.359. The van der Waals surface area contributed by atoms with E-state index in [0.29, 0.717) is 27.6 Å². The molecule has 28 heavy (non-hydrogen) atoms. The van der Waals surface area contributed by atoms with Crippen LogP contribution in [0.5, 0.6) is 5.75 Å². The Morgan fingerprint density at radius 1 is 1.07 bits per heavy atom. The minimum absolute atomic E-state index is 0.0641. The van der Waals surface area contributed by atoms with Gasteiger partial charge in [0.15, 0.2) is 0 Å². The van der Waals surface area contributed by atoms with Crippen molar-refractivity contribution in [1.82, 2.24) is 5.43 Å². The lowest BCUT2D eigenvalue weighted by molar-refractivity contribution is 0.0955. The molecule has 6 heteroatoms. The van der Waals surface area contributed by atoms with Crippen LogP contribution in [0.3, 0.4) is 0 Å². The molecule has 1 amide bonds. The molecule has 0 saturated heterocycles. The van der Waals surface area contributed by atoms with E-state index in [-0.39, 0.29) is 5.75 Å². The van der Waals surface area contributed by atoms with Crippen molar-refractivity contribution in [3.63, 3.8) is 0 Å². The number of halogens is 2. The SMILES string of the molecule is Cc1ccc(C(=O)N/N=C/c2cc(Cc3ccccc3Cl)ccc2O)c(Cl)c1. The minimum Gasteiger partial charge on any atom is -0.507 e. The smallest absolute Gasteiger partial charge is 0.272 e. The summed E-state index contributed by atoms with van der Waals surface area (Å²) in [5.41, 5.74) is 6.16. The Morgan fingerprint density at radius 2 is 1.86 bits per heavy atom. The Kier molecular flexibility index (Phi) is 6.34. The summed E-state index contributed by atoms with van der Waals surface area (Å²) in [7, 11) is 0. The van der Waals surface area contributed by atoms with Gasteiger partial charge in [-0.2, -0.15) is 5.10 Å². The molecule has 2 N–H and O–H groups in total. The predicted octanol–water partition coefficient (Wildman–Crippen LogP) is 5.36. The summed E-state index contributed by atoms with van der Waals surface area (Å²) in [6.07, 6.45) is 2.01. The van der Waals surface area contributed by atoms with Crippen molar-refractivity contribution in [1.29, 1.82) is 0 Å². The van der Waals surface area contributed by atoms with Crippen LogP contribution >= 0.6 is 23.2 Å². The van der Waals surface area contributed by atoms with Gasteiger partial charge in [0.1, 0.15) is 5.75 Å². The predicted molar refractivity (Wildman–Crippen MR) is 114 cm³/mol. The molecule has 0 heterocycles. The van der Waals surface area contributed by atoms with Gasteiger partial charge in [0.25, 0.3) is 5.91 Å². The van der Waals surface area contributed by atoms with Gasteiger partial charge in [-0.3, -0.25) is 4.79 Å². The van der Waals surface area contributed by atoms with Gasteiger partial charge in [-0.15, -0.1) is 0 Å². The average Bonchev–Trinajstić information content (AvgIpc) is 2.66. The van der Waals surface area contributed by atoms with E-state index in [2.05, 4.69) is 10.5 Å². The highest BCUT2D eigenvalue weighted by Crippen LogP contribution is 2.22. The van der Waals surface area contributed by atoms with E-state index in [1.807, 2.05) is 37.3 Å². The van der Waals surface area contributed by atoms with Crippen molar-refractivity contribution < 1.29 is 9.90 Å². The molecule has 0 fully saturated rings. The van der Waals surface area contributed by atoms with Crippen LogP contribution in [0.4, 0.5) is 0 Å². The van der Waals surface area contributed by atoms with Crippen molar-refractivity contribution in [2.75, 3.05) is 0 Å². The van der Waals surface area contributed by atoms with Gasteiger partial charge >= 0.3 is 0 Å². The second kappa shape index (κ2) is 8.91. The number of amides is 1. The summed E-state index contributed by atoms with van der Waals surface area (Å²) in [5, 5.41) is 15.0. The number of carbonyl (C=O) groups is 1. The summed E-state index contributed by atoms with van der Waals surface area (Å²) in [6, 6.07) is 18.0. The minimum atomic E-state index is -0.423. The third-order valence-corrected chi connectivity index (χ3v) is 4.86. The fourth-order valence-corrected chi connectivity index (χ4v) is 3.23. The van der Waals surface area contributed by atoms with Gasteiger partial charge in [0.2, 0.25) is 0 Å². The maximum atomic E-state index is 12.2. The van der Waals surface area contributed by atoms with Crippen LogP contribution in [0, 0.1) is 6.92 Å². The first-order valence-electron chi connectivity index (χ1n) is 8.59. The molecule has 0 aliphatic heterocycles. The number of hydrogen-bond donors (Lipinski definition) is 2. The van der Waals surface area contributed by atoms with Crippen LogP contribution in [0.15, 0.2) is 65.8 Å². The highest BCUT2D eigenvalue weighted by molar-refractivity contribution is 6.34. The fourth-order valence-electron chi connectivity index (χ4n) is 2.70. The van der Waals surface area contributed by atoms with Crippen molar-refractivity contribution >= 4 is 35.3 Å². The van der Waals surface area contributed by atoms with Crippen LogP contribution in [0.2, 0.25) is 10.0 Å². The van der Waals surface area contributed by atoms with Crippen LogP contribution in [-0.4, -0.2) is 17.2 Å². The number of hydrazone groups is 1.